The second-order valence-corrected chi connectivity index (χ2v) is 5.21. The second kappa shape index (κ2) is 7.34. The number of amides is 1. The molecule has 0 saturated heterocycles. The zero-order valence-corrected chi connectivity index (χ0v) is 13.2. The summed E-state index contributed by atoms with van der Waals surface area (Å²) in [6.07, 6.45) is 0. The van der Waals surface area contributed by atoms with Crippen molar-refractivity contribution in [2.24, 2.45) is 0 Å². The van der Waals surface area contributed by atoms with Crippen LogP contribution in [0.5, 0.6) is 11.5 Å². The number of benzene rings is 2. The van der Waals surface area contributed by atoms with E-state index in [4.69, 9.17) is 14.2 Å². The highest BCUT2D eigenvalue weighted by molar-refractivity contribution is 5.95. The number of esters is 1. The van der Waals surface area contributed by atoms with Crippen LogP contribution in [0.15, 0.2) is 30.3 Å². The summed E-state index contributed by atoms with van der Waals surface area (Å²) >= 11 is 0. The molecule has 1 aliphatic rings. The van der Waals surface area contributed by atoms with Crippen molar-refractivity contribution in [3.05, 3.63) is 53.3 Å². The number of halogens is 3. The van der Waals surface area contributed by atoms with Crippen molar-refractivity contribution < 1.29 is 37.0 Å². The van der Waals surface area contributed by atoms with E-state index in [0.29, 0.717) is 30.8 Å². The molecule has 26 heavy (non-hydrogen) atoms. The van der Waals surface area contributed by atoms with Crippen molar-refractivity contribution >= 4 is 17.6 Å². The topological polar surface area (TPSA) is 73.9 Å². The molecule has 136 valence electrons. The maximum absolute atomic E-state index is 13.5. The maximum atomic E-state index is 13.5. The summed E-state index contributed by atoms with van der Waals surface area (Å²) in [5.74, 6) is -5.51. The third-order valence-electron chi connectivity index (χ3n) is 3.42. The average molecular weight is 367 g/mol. The lowest BCUT2D eigenvalue weighted by Gasteiger charge is -2.18. The fraction of sp³-hybridized carbons (Fsp3) is 0.176. The van der Waals surface area contributed by atoms with E-state index >= 15 is 0 Å². The van der Waals surface area contributed by atoms with Gasteiger partial charge in [-0.15, -0.1) is 0 Å². The van der Waals surface area contributed by atoms with Crippen LogP contribution < -0.4 is 14.8 Å². The Hall–Kier alpha value is -3.23. The van der Waals surface area contributed by atoms with Gasteiger partial charge in [-0.05, 0) is 30.3 Å². The first-order valence-corrected chi connectivity index (χ1v) is 7.46. The number of ether oxygens (including phenoxy) is 3. The number of nitrogens with one attached hydrogen (secondary N) is 1. The summed E-state index contributed by atoms with van der Waals surface area (Å²) in [7, 11) is 0. The Kier molecular flexibility index (Phi) is 4.97. The Morgan fingerprint density at radius 2 is 1.73 bits per heavy atom. The molecule has 0 fully saturated rings. The summed E-state index contributed by atoms with van der Waals surface area (Å²) in [4.78, 5) is 23.7. The molecule has 0 bridgehead atoms. The number of hydrogen-bond acceptors (Lipinski definition) is 5. The third kappa shape index (κ3) is 3.71. The number of fused-ring (bicyclic) bond motifs is 1. The molecule has 1 amide bonds. The first kappa shape index (κ1) is 17.6. The lowest BCUT2D eigenvalue weighted by molar-refractivity contribution is -0.119. The monoisotopic (exact) mass is 367 g/mol. The molecule has 0 radical (unpaired) electrons. The first-order valence-electron chi connectivity index (χ1n) is 7.46. The number of carbonyl (C=O) groups is 2. The molecule has 0 spiro atoms. The van der Waals surface area contributed by atoms with Crippen LogP contribution in [0.2, 0.25) is 0 Å². The molecule has 0 atom stereocenters. The SMILES string of the molecule is O=C(COC(=O)c1ccc2c(c1)OCCO2)Nc1ccc(F)c(F)c1F. The van der Waals surface area contributed by atoms with Crippen molar-refractivity contribution in [2.75, 3.05) is 25.1 Å². The first-order chi connectivity index (χ1) is 12.5. The van der Waals surface area contributed by atoms with E-state index in [0.717, 1.165) is 6.07 Å². The molecule has 2 aromatic rings. The van der Waals surface area contributed by atoms with Gasteiger partial charge in [-0.2, -0.15) is 0 Å². The van der Waals surface area contributed by atoms with Crippen LogP contribution in [-0.4, -0.2) is 31.7 Å². The fourth-order valence-corrected chi connectivity index (χ4v) is 2.19. The Morgan fingerprint density at radius 3 is 2.50 bits per heavy atom. The zero-order chi connectivity index (χ0) is 18.7. The van der Waals surface area contributed by atoms with Crippen molar-refractivity contribution in [1.82, 2.24) is 0 Å². The van der Waals surface area contributed by atoms with Gasteiger partial charge in [0.2, 0.25) is 0 Å². The van der Waals surface area contributed by atoms with E-state index in [9.17, 15) is 22.8 Å². The number of carbonyl (C=O) groups excluding carboxylic acids is 2. The summed E-state index contributed by atoms with van der Waals surface area (Å²) in [5.41, 5.74) is -0.440. The normalized spacial score (nSPS) is 12.4. The van der Waals surface area contributed by atoms with Gasteiger partial charge in [-0.25, -0.2) is 18.0 Å². The summed E-state index contributed by atoms with van der Waals surface area (Å²) in [5, 5.41) is 1.99. The minimum absolute atomic E-state index is 0.126. The van der Waals surface area contributed by atoms with Crippen molar-refractivity contribution in [3.63, 3.8) is 0 Å². The standard InChI is InChI=1S/C17H12F3NO5/c18-10-2-3-11(16(20)15(10)19)21-14(22)8-26-17(23)9-1-4-12-13(7-9)25-6-5-24-12/h1-4,7H,5-6,8H2,(H,21,22). The van der Waals surface area contributed by atoms with E-state index in [2.05, 4.69) is 0 Å². The quantitative estimate of drug-likeness (QED) is 0.664. The Balaban J connectivity index is 1.59. The lowest BCUT2D eigenvalue weighted by atomic mass is 10.2. The molecular weight excluding hydrogens is 355 g/mol. The zero-order valence-electron chi connectivity index (χ0n) is 13.2. The number of rotatable bonds is 4. The van der Waals surface area contributed by atoms with E-state index < -0.39 is 41.6 Å². The maximum Gasteiger partial charge on any atom is 0.338 e. The number of anilines is 1. The van der Waals surface area contributed by atoms with Gasteiger partial charge >= 0.3 is 5.97 Å². The van der Waals surface area contributed by atoms with Crippen LogP contribution in [0.3, 0.4) is 0 Å². The lowest BCUT2D eigenvalue weighted by Crippen LogP contribution is -2.22. The van der Waals surface area contributed by atoms with E-state index in [1.165, 1.54) is 18.2 Å². The Morgan fingerprint density at radius 1 is 1.00 bits per heavy atom. The van der Waals surface area contributed by atoms with Crippen LogP contribution in [0.4, 0.5) is 18.9 Å². The number of hydrogen-bond donors (Lipinski definition) is 1. The van der Waals surface area contributed by atoms with Crippen molar-refractivity contribution in [2.45, 2.75) is 0 Å². The average Bonchev–Trinajstić information content (AvgIpc) is 2.66. The van der Waals surface area contributed by atoms with E-state index in [1.807, 2.05) is 5.32 Å². The smallest absolute Gasteiger partial charge is 0.338 e. The molecule has 9 heteroatoms. The van der Waals surface area contributed by atoms with Gasteiger partial charge in [0.25, 0.3) is 5.91 Å². The highest BCUT2D eigenvalue weighted by Gasteiger charge is 2.18. The van der Waals surface area contributed by atoms with Gasteiger partial charge in [-0.3, -0.25) is 4.79 Å². The molecular formula is C17H12F3NO5. The highest BCUT2D eigenvalue weighted by atomic mass is 19.2. The van der Waals surface area contributed by atoms with Crippen LogP contribution >= 0.6 is 0 Å². The summed E-state index contributed by atoms with van der Waals surface area (Å²) < 4.78 is 54.9. The minimum atomic E-state index is -1.71. The molecule has 0 aromatic heterocycles. The van der Waals surface area contributed by atoms with Crippen LogP contribution in [0, 0.1) is 17.5 Å². The second-order valence-electron chi connectivity index (χ2n) is 5.21. The largest absolute Gasteiger partial charge is 0.486 e. The molecule has 0 unspecified atom stereocenters. The highest BCUT2D eigenvalue weighted by Crippen LogP contribution is 2.30. The predicted octanol–water partition coefficient (Wildman–Crippen LogP) is 2.67. The summed E-state index contributed by atoms with van der Waals surface area (Å²) in [6, 6.07) is 5.89. The Labute approximate surface area is 145 Å². The van der Waals surface area contributed by atoms with E-state index in [1.54, 1.807) is 0 Å². The van der Waals surface area contributed by atoms with Crippen molar-refractivity contribution in [3.8, 4) is 11.5 Å². The molecule has 1 aliphatic heterocycles. The van der Waals surface area contributed by atoms with Crippen LogP contribution in [0.1, 0.15) is 10.4 Å². The molecule has 0 aliphatic carbocycles. The third-order valence-corrected chi connectivity index (χ3v) is 3.42. The molecule has 1 heterocycles. The molecule has 1 N–H and O–H groups in total. The van der Waals surface area contributed by atoms with Gasteiger partial charge in [-0.1, -0.05) is 0 Å². The van der Waals surface area contributed by atoms with Gasteiger partial charge < -0.3 is 19.5 Å². The molecule has 2 aromatic carbocycles. The molecule has 0 saturated carbocycles. The van der Waals surface area contributed by atoms with Crippen molar-refractivity contribution in [1.29, 1.82) is 0 Å². The Bertz CT molecular complexity index is 872. The van der Waals surface area contributed by atoms with E-state index in [-0.39, 0.29) is 5.56 Å². The van der Waals surface area contributed by atoms with Gasteiger partial charge in [0.1, 0.15) is 13.2 Å². The molecule has 3 rings (SSSR count). The molecule has 6 nitrogen and oxygen atoms in total. The van der Waals surface area contributed by atoms with Gasteiger partial charge in [0.05, 0.1) is 11.3 Å². The van der Waals surface area contributed by atoms with Gasteiger partial charge in [0.15, 0.2) is 35.6 Å². The predicted molar refractivity (Wildman–Crippen MR) is 82.7 cm³/mol. The minimum Gasteiger partial charge on any atom is -0.486 e. The van der Waals surface area contributed by atoms with Crippen LogP contribution in [-0.2, 0) is 9.53 Å². The van der Waals surface area contributed by atoms with Crippen LogP contribution in [0.25, 0.3) is 0 Å². The fourth-order valence-electron chi connectivity index (χ4n) is 2.19. The summed E-state index contributed by atoms with van der Waals surface area (Å²) in [6.45, 7) is -0.00306. The van der Waals surface area contributed by atoms with Gasteiger partial charge in [0, 0.05) is 0 Å².